The van der Waals surface area contributed by atoms with E-state index in [0.29, 0.717) is 19.1 Å². The monoisotopic (exact) mass is 302 g/mol. The van der Waals surface area contributed by atoms with Gasteiger partial charge < -0.3 is 14.3 Å². The average molecular weight is 302 g/mol. The van der Waals surface area contributed by atoms with Crippen LogP contribution in [0.3, 0.4) is 0 Å². The highest BCUT2D eigenvalue weighted by Crippen LogP contribution is 2.58. The normalized spacial score (nSPS) is 32.9. The molecule has 0 N–H and O–H groups in total. The molecule has 0 aromatic heterocycles. The first-order chi connectivity index (χ1) is 10.7. The molecule has 2 aliphatic rings. The van der Waals surface area contributed by atoms with Gasteiger partial charge in [-0.3, -0.25) is 4.79 Å². The molecule has 0 amide bonds. The van der Waals surface area contributed by atoms with Gasteiger partial charge in [-0.25, -0.2) is 0 Å². The zero-order chi connectivity index (χ0) is 15.6. The molecule has 1 aromatic carbocycles. The maximum absolute atomic E-state index is 12.4. The van der Waals surface area contributed by atoms with Gasteiger partial charge in [0.15, 0.2) is 0 Å². The van der Waals surface area contributed by atoms with Gasteiger partial charge in [0.1, 0.15) is 6.29 Å². The molecule has 0 radical (unpaired) electrons. The molecule has 1 aromatic rings. The van der Waals surface area contributed by atoms with Crippen LogP contribution in [0.15, 0.2) is 30.3 Å². The van der Waals surface area contributed by atoms with Gasteiger partial charge >= 0.3 is 5.97 Å². The van der Waals surface area contributed by atoms with Crippen molar-refractivity contribution in [1.29, 1.82) is 0 Å². The molecule has 2 saturated carbocycles. The molecule has 4 unspecified atom stereocenters. The molecule has 2 aliphatic carbocycles. The number of hydrogen-bond acceptors (Lipinski definition) is 4. The van der Waals surface area contributed by atoms with Gasteiger partial charge in [0.2, 0.25) is 0 Å². The summed E-state index contributed by atoms with van der Waals surface area (Å²) in [5.41, 5.74) is 0.440. The summed E-state index contributed by atoms with van der Waals surface area (Å²) in [6, 6.07) is 9.90. The van der Waals surface area contributed by atoms with E-state index in [0.717, 1.165) is 31.1 Å². The Bertz CT molecular complexity index is 541. The molecule has 0 heterocycles. The lowest BCUT2D eigenvalue weighted by atomic mass is 9.69. The van der Waals surface area contributed by atoms with E-state index < -0.39 is 5.41 Å². The van der Waals surface area contributed by atoms with Crippen LogP contribution in [0.4, 0.5) is 0 Å². The third kappa shape index (κ3) is 2.56. The molecule has 0 saturated heterocycles. The topological polar surface area (TPSA) is 52.6 Å². The summed E-state index contributed by atoms with van der Waals surface area (Å²) >= 11 is 0. The molecule has 2 fully saturated rings. The van der Waals surface area contributed by atoms with Gasteiger partial charge in [-0.2, -0.15) is 0 Å². The molecule has 22 heavy (non-hydrogen) atoms. The maximum atomic E-state index is 12.4. The van der Waals surface area contributed by atoms with E-state index in [1.165, 1.54) is 7.11 Å². The van der Waals surface area contributed by atoms with Crippen molar-refractivity contribution >= 4 is 12.3 Å². The standard InChI is InChI=1S/C18H22O4/c1-21-17(20)18(9-14-7-15(10-19)16(18)8-14)12-22-11-13-5-3-2-4-6-13/h2-6,10,14-16H,7-9,11-12H2,1H3. The SMILES string of the molecule is COC(=O)C1(COCc2ccccc2)CC2CC(C=O)C1C2. The van der Waals surface area contributed by atoms with Crippen molar-refractivity contribution in [3.63, 3.8) is 0 Å². The molecule has 0 aliphatic heterocycles. The Morgan fingerprint density at radius 3 is 2.73 bits per heavy atom. The molecule has 4 nitrogen and oxygen atoms in total. The second-order valence-electron chi connectivity index (χ2n) is 6.57. The Hall–Kier alpha value is -1.68. The highest BCUT2D eigenvalue weighted by atomic mass is 16.5. The summed E-state index contributed by atoms with van der Waals surface area (Å²) in [5.74, 6) is 0.260. The molecular weight excluding hydrogens is 280 g/mol. The van der Waals surface area contributed by atoms with Crippen molar-refractivity contribution in [3.8, 4) is 0 Å². The summed E-state index contributed by atoms with van der Waals surface area (Å²) < 4.78 is 10.9. The molecule has 2 bridgehead atoms. The third-order valence-electron chi connectivity index (χ3n) is 5.31. The van der Waals surface area contributed by atoms with Crippen molar-refractivity contribution < 1.29 is 19.1 Å². The number of rotatable bonds is 6. The Labute approximate surface area is 130 Å². The minimum absolute atomic E-state index is 0.0295. The van der Waals surface area contributed by atoms with E-state index in [-0.39, 0.29) is 17.8 Å². The van der Waals surface area contributed by atoms with Crippen LogP contribution in [0.2, 0.25) is 0 Å². The van der Waals surface area contributed by atoms with Crippen molar-refractivity contribution in [3.05, 3.63) is 35.9 Å². The van der Waals surface area contributed by atoms with Crippen LogP contribution in [0.1, 0.15) is 24.8 Å². The Kier molecular flexibility index (Phi) is 4.30. The Balaban J connectivity index is 1.71. The predicted molar refractivity (Wildman–Crippen MR) is 80.9 cm³/mol. The fourth-order valence-electron chi connectivity index (χ4n) is 4.39. The van der Waals surface area contributed by atoms with Gasteiger partial charge in [0.25, 0.3) is 0 Å². The molecule has 0 spiro atoms. The fraction of sp³-hybridized carbons (Fsp3) is 0.556. The van der Waals surface area contributed by atoms with Gasteiger partial charge in [-0.15, -0.1) is 0 Å². The summed E-state index contributed by atoms with van der Waals surface area (Å²) in [6.07, 6.45) is 3.64. The summed E-state index contributed by atoms with van der Waals surface area (Å²) in [6.45, 7) is 0.808. The second kappa shape index (κ2) is 6.21. The van der Waals surface area contributed by atoms with Crippen LogP contribution in [0.25, 0.3) is 0 Å². The number of benzene rings is 1. The van der Waals surface area contributed by atoms with Crippen LogP contribution in [-0.4, -0.2) is 26.0 Å². The van der Waals surface area contributed by atoms with E-state index in [1.54, 1.807) is 0 Å². The summed E-state index contributed by atoms with van der Waals surface area (Å²) in [7, 11) is 1.42. The number of aldehydes is 1. The molecular formula is C18H22O4. The van der Waals surface area contributed by atoms with Gasteiger partial charge in [0, 0.05) is 5.92 Å². The van der Waals surface area contributed by atoms with Crippen LogP contribution in [0.5, 0.6) is 0 Å². The van der Waals surface area contributed by atoms with E-state index in [1.807, 2.05) is 30.3 Å². The zero-order valence-electron chi connectivity index (χ0n) is 12.9. The lowest BCUT2D eigenvalue weighted by molar-refractivity contribution is -0.164. The number of esters is 1. The molecule has 4 heteroatoms. The minimum atomic E-state index is -0.641. The largest absolute Gasteiger partial charge is 0.469 e. The minimum Gasteiger partial charge on any atom is -0.469 e. The number of fused-ring (bicyclic) bond motifs is 2. The first-order valence-electron chi connectivity index (χ1n) is 7.85. The van der Waals surface area contributed by atoms with Gasteiger partial charge in [0.05, 0.1) is 25.7 Å². The first kappa shape index (κ1) is 15.2. The second-order valence-corrected chi connectivity index (χ2v) is 6.57. The van der Waals surface area contributed by atoms with E-state index in [2.05, 4.69) is 0 Å². The van der Waals surface area contributed by atoms with Gasteiger partial charge in [-0.1, -0.05) is 30.3 Å². The van der Waals surface area contributed by atoms with Crippen molar-refractivity contribution in [1.82, 2.24) is 0 Å². The van der Waals surface area contributed by atoms with Crippen molar-refractivity contribution in [2.24, 2.45) is 23.2 Å². The summed E-state index contributed by atoms with van der Waals surface area (Å²) in [4.78, 5) is 23.7. The third-order valence-corrected chi connectivity index (χ3v) is 5.31. The predicted octanol–water partition coefficient (Wildman–Crippen LogP) is 2.61. The summed E-state index contributed by atoms with van der Waals surface area (Å²) in [5, 5.41) is 0. The van der Waals surface area contributed by atoms with Crippen LogP contribution in [-0.2, 0) is 25.7 Å². The van der Waals surface area contributed by atoms with E-state index in [9.17, 15) is 9.59 Å². The quantitative estimate of drug-likeness (QED) is 0.599. The number of carbonyl (C=O) groups excluding carboxylic acids is 2. The highest BCUT2D eigenvalue weighted by Gasteiger charge is 2.60. The highest BCUT2D eigenvalue weighted by molar-refractivity contribution is 5.79. The lowest BCUT2D eigenvalue weighted by Gasteiger charge is -2.37. The number of methoxy groups -OCH3 is 1. The van der Waals surface area contributed by atoms with E-state index in [4.69, 9.17) is 9.47 Å². The fourth-order valence-corrected chi connectivity index (χ4v) is 4.39. The maximum Gasteiger partial charge on any atom is 0.314 e. The van der Waals surface area contributed by atoms with Crippen molar-refractivity contribution in [2.75, 3.05) is 13.7 Å². The number of ether oxygens (including phenoxy) is 2. The van der Waals surface area contributed by atoms with Gasteiger partial charge in [-0.05, 0) is 36.7 Å². The molecule has 4 atom stereocenters. The van der Waals surface area contributed by atoms with E-state index >= 15 is 0 Å². The molecule has 3 rings (SSSR count). The Morgan fingerprint density at radius 1 is 1.32 bits per heavy atom. The zero-order valence-corrected chi connectivity index (χ0v) is 12.9. The average Bonchev–Trinajstić information content (AvgIpc) is 3.13. The molecule has 118 valence electrons. The Morgan fingerprint density at radius 2 is 2.09 bits per heavy atom. The first-order valence-corrected chi connectivity index (χ1v) is 7.85. The van der Waals surface area contributed by atoms with Crippen LogP contribution in [0, 0.1) is 23.2 Å². The lowest BCUT2D eigenvalue weighted by Crippen LogP contribution is -2.45. The van der Waals surface area contributed by atoms with Crippen LogP contribution >= 0.6 is 0 Å². The number of carbonyl (C=O) groups is 2. The van der Waals surface area contributed by atoms with Crippen molar-refractivity contribution in [2.45, 2.75) is 25.9 Å². The smallest absolute Gasteiger partial charge is 0.314 e. The number of hydrogen-bond donors (Lipinski definition) is 0. The van der Waals surface area contributed by atoms with Crippen LogP contribution < -0.4 is 0 Å².